The quantitative estimate of drug-likeness (QED) is 0.280. The van der Waals surface area contributed by atoms with Crippen LogP contribution in [-0.2, 0) is 31.6 Å². The number of imidazole rings is 1. The van der Waals surface area contributed by atoms with Gasteiger partial charge in [0, 0.05) is 49.6 Å². The van der Waals surface area contributed by atoms with Crippen molar-refractivity contribution in [2.75, 3.05) is 31.1 Å². The molecule has 0 aliphatic carbocycles. The molecular formula is C29H27Cl2N5O4S2. The first-order valence-electron chi connectivity index (χ1n) is 13.2. The Bertz CT molecular complexity index is 1760. The van der Waals surface area contributed by atoms with Gasteiger partial charge in [0.05, 0.1) is 11.9 Å². The number of carbonyl (C=O) groups excluding carboxylic acids is 2. The second-order valence-corrected chi connectivity index (χ2v) is 14.1. The second kappa shape index (κ2) is 10.8. The van der Waals surface area contributed by atoms with E-state index in [4.69, 9.17) is 23.2 Å². The molecule has 2 aliphatic heterocycles. The summed E-state index contributed by atoms with van der Waals surface area (Å²) in [7, 11) is -4.07. The first-order valence-corrected chi connectivity index (χ1v) is 16.4. The van der Waals surface area contributed by atoms with E-state index in [0.29, 0.717) is 15.7 Å². The summed E-state index contributed by atoms with van der Waals surface area (Å²) >= 11 is 14.2. The van der Waals surface area contributed by atoms with Gasteiger partial charge in [0.15, 0.2) is 5.03 Å². The van der Waals surface area contributed by atoms with Gasteiger partial charge < -0.3 is 4.90 Å². The zero-order valence-electron chi connectivity index (χ0n) is 22.8. The predicted molar refractivity (Wildman–Crippen MR) is 164 cm³/mol. The maximum absolute atomic E-state index is 14.3. The molecule has 42 heavy (non-hydrogen) atoms. The lowest BCUT2D eigenvalue weighted by molar-refractivity contribution is -0.130. The van der Waals surface area contributed by atoms with E-state index in [9.17, 15) is 18.0 Å². The van der Waals surface area contributed by atoms with Crippen molar-refractivity contribution in [2.24, 2.45) is 0 Å². The van der Waals surface area contributed by atoms with Crippen LogP contribution in [0.2, 0.25) is 10.0 Å². The molecular weight excluding hydrogens is 617 g/mol. The van der Waals surface area contributed by atoms with Crippen molar-refractivity contribution in [3.8, 4) is 11.1 Å². The Balaban J connectivity index is 1.43. The summed E-state index contributed by atoms with van der Waals surface area (Å²) in [5.74, 6) is -0.295. The van der Waals surface area contributed by atoms with Crippen LogP contribution in [0.3, 0.4) is 0 Å². The first-order chi connectivity index (χ1) is 20.0. The molecule has 2 aromatic heterocycles. The third-order valence-corrected chi connectivity index (χ3v) is 10.8. The minimum absolute atomic E-state index is 0.0878. The van der Waals surface area contributed by atoms with Crippen LogP contribution >= 0.6 is 34.5 Å². The normalized spacial score (nSPS) is 19.4. The van der Waals surface area contributed by atoms with Gasteiger partial charge in [-0.3, -0.25) is 14.2 Å². The SMILES string of the molecule is CC(=O)N1CCN(S(=O)(=O)c2cnc3n2[C@](C)(Cc2ccc(-c4ccsc4)cc2)C(=O)N3c2cc(Cl)cc(Cl)c2)CC1. The Morgan fingerprint density at radius 3 is 2.26 bits per heavy atom. The van der Waals surface area contributed by atoms with Crippen molar-refractivity contribution in [1.82, 2.24) is 18.8 Å². The number of anilines is 2. The van der Waals surface area contributed by atoms with Gasteiger partial charge in [0.25, 0.3) is 15.9 Å². The molecule has 218 valence electrons. The molecule has 0 bridgehead atoms. The largest absolute Gasteiger partial charge is 0.340 e. The number of benzene rings is 2. The molecule has 0 radical (unpaired) electrons. The Morgan fingerprint density at radius 2 is 1.67 bits per heavy atom. The lowest BCUT2D eigenvalue weighted by Crippen LogP contribution is -2.50. The molecule has 1 atom stereocenters. The van der Waals surface area contributed by atoms with Gasteiger partial charge in [-0.15, -0.1) is 0 Å². The number of hydrogen-bond donors (Lipinski definition) is 0. The lowest BCUT2D eigenvalue weighted by atomic mass is 9.91. The van der Waals surface area contributed by atoms with Gasteiger partial charge in [0.1, 0.15) is 5.54 Å². The third kappa shape index (κ3) is 4.92. The molecule has 0 spiro atoms. The topological polar surface area (TPSA) is 95.8 Å². The Kier molecular flexibility index (Phi) is 7.43. The Labute approximate surface area is 257 Å². The number of amides is 2. The first kappa shape index (κ1) is 28.9. The lowest BCUT2D eigenvalue weighted by Gasteiger charge is -2.34. The van der Waals surface area contributed by atoms with Crippen molar-refractivity contribution in [3.05, 3.63) is 81.1 Å². The Morgan fingerprint density at radius 1 is 1.00 bits per heavy atom. The molecule has 0 saturated carbocycles. The molecule has 4 aromatic rings. The number of fused-ring (bicyclic) bond motifs is 1. The molecule has 13 heteroatoms. The van der Waals surface area contributed by atoms with Gasteiger partial charge in [-0.2, -0.15) is 15.6 Å². The fraction of sp³-hybridized carbons (Fsp3) is 0.276. The van der Waals surface area contributed by atoms with E-state index in [-0.39, 0.29) is 55.4 Å². The average Bonchev–Trinajstić information content (AvgIpc) is 3.68. The van der Waals surface area contributed by atoms with E-state index in [0.717, 1.165) is 16.7 Å². The molecule has 0 N–H and O–H groups in total. The fourth-order valence-corrected chi connectivity index (χ4v) is 8.42. The molecule has 2 amide bonds. The highest BCUT2D eigenvalue weighted by atomic mass is 35.5. The van der Waals surface area contributed by atoms with E-state index < -0.39 is 15.6 Å². The van der Waals surface area contributed by atoms with Gasteiger partial charge in [-0.25, -0.2) is 18.3 Å². The Hall–Kier alpha value is -3.22. The van der Waals surface area contributed by atoms with Gasteiger partial charge in [-0.05, 0) is 58.6 Å². The molecule has 1 saturated heterocycles. The summed E-state index contributed by atoms with van der Waals surface area (Å²) in [6.45, 7) is 4.06. The summed E-state index contributed by atoms with van der Waals surface area (Å²) in [6, 6.07) is 14.7. The van der Waals surface area contributed by atoms with E-state index in [1.165, 1.54) is 26.9 Å². The number of piperazine rings is 1. The summed E-state index contributed by atoms with van der Waals surface area (Å²) in [5.41, 5.74) is 2.06. The van der Waals surface area contributed by atoms with Gasteiger partial charge in [0.2, 0.25) is 11.9 Å². The molecule has 6 rings (SSSR count). The molecule has 4 heterocycles. The highest BCUT2D eigenvalue weighted by Gasteiger charge is 2.52. The van der Waals surface area contributed by atoms with E-state index in [2.05, 4.69) is 10.4 Å². The highest BCUT2D eigenvalue weighted by molar-refractivity contribution is 7.89. The maximum atomic E-state index is 14.3. The fourth-order valence-electron chi connectivity index (χ4n) is 5.63. The van der Waals surface area contributed by atoms with Crippen LogP contribution in [0.5, 0.6) is 0 Å². The smallest absolute Gasteiger partial charge is 0.260 e. The van der Waals surface area contributed by atoms with Crippen LogP contribution in [0.15, 0.2) is 70.5 Å². The van der Waals surface area contributed by atoms with Crippen LogP contribution in [-0.4, -0.2) is 65.2 Å². The monoisotopic (exact) mass is 643 g/mol. The van der Waals surface area contributed by atoms with E-state index in [1.807, 2.05) is 35.7 Å². The number of hydrogen-bond acceptors (Lipinski definition) is 6. The van der Waals surface area contributed by atoms with E-state index in [1.54, 1.807) is 41.4 Å². The minimum atomic E-state index is -4.07. The minimum Gasteiger partial charge on any atom is -0.340 e. The van der Waals surface area contributed by atoms with E-state index >= 15 is 0 Å². The number of sulfonamides is 1. The van der Waals surface area contributed by atoms with Crippen molar-refractivity contribution < 1.29 is 18.0 Å². The zero-order chi connectivity index (χ0) is 29.8. The third-order valence-electron chi connectivity index (χ3n) is 7.82. The summed E-state index contributed by atoms with van der Waals surface area (Å²) in [6.07, 6.45) is 1.51. The average molecular weight is 645 g/mol. The summed E-state index contributed by atoms with van der Waals surface area (Å²) in [5, 5.41) is 4.65. The number of thiophene rings is 1. The molecule has 2 aliphatic rings. The summed E-state index contributed by atoms with van der Waals surface area (Å²) in [4.78, 5) is 33.6. The van der Waals surface area contributed by atoms with Crippen molar-refractivity contribution in [1.29, 1.82) is 0 Å². The number of nitrogens with zero attached hydrogens (tertiary/aromatic N) is 5. The van der Waals surface area contributed by atoms with Crippen LogP contribution in [0.4, 0.5) is 11.6 Å². The van der Waals surface area contributed by atoms with Gasteiger partial charge >= 0.3 is 0 Å². The van der Waals surface area contributed by atoms with Crippen molar-refractivity contribution in [2.45, 2.75) is 30.8 Å². The number of aromatic nitrogens is 2. The van der Waals surface area contributed by atoms with Gasteiger partial charge in [-0.1, -0.05) is 47.5 Å². The number of carbonyl (C=O) groups is 2. The second-order valence-electron chi connectivity index (χ2n) is 10.6. The van der Waals surface area contributed by atoms with Crippen molar-refractivity contribution >= 4 is 68.0 Å². The molecule has 2 aromatic carbocycles. The van der Waals surface area contributed by atoms with Crippen molar-refractivity contribution in [3.63, 3.8) is 0 Å². The highest BCUT2D eigenvalue weighted by Crippen LogP contribution is 2.45. The standard InChI is InChI=1S/C29H27Cl2N5O4S2/c1-19(37)33-8-10-34(11-9-33)42(39,40)26-17-32-28-35(25-14-23(30)13-24(31)15-25)27(38)29(2,36(26)28)16-20-3-5-21(6-4-20)22-7-12-41-18-22/h3-7,12-15,17-18H,8-11,16H2,1-2H3/t29-/m1/s1. The molecule has 9 nitrogen and oxygen atoms in total. The van der Waals surface area contributed by atoms with Crippen LogP contribution in [0.25, 0.3) is 11.1 Å². The predicted octanol–water partition coefficient (Wildman–Crippen LogP) is 5.41. The molecule has 0 unspecified atom stereocenters. The molecule has 1 fully saturated rings. The number of halogens is 2. The number of rotatable bonds is 6. The van der Waals surface area contributed by atoms with Crippen LogP contribution in [0, 0.1) is 0 Å². The van der Waals surface area contributed by atoms with Crippen LogP contribution in [0.1, 0.15) is 19.4 Å². The van der Waals surface area contributed by atoms with Crippen LogP contribution < -0.4 is 4.90 Å². The maximum Gasteiger partial charge on any atom is 0.260 e. The summed E-state index contributed by atoms with van der Waals surface area (Å²) < 4.78 is 31.0. The zero-order valence-corrected chi connectivity index (χ0v) is 26.0.